The Labute approximate surface area is 122 Å². The second kappa shape index (κ2) is 5.00. The van der Waals surface area contributed by atoms with E-state index in [-0.39, 0.29) is 17.7 Å². The number of carbonyl (C=O) groups is 1. The predicted molar refractivity (Wildman–Crippen MR) is 76.5 cm³/mol. The number of nitrogens with zero attached hydrogens (tertiary/aromatic N) is 2. The van der Waals surface area contributed by atoms with Crippen molar-refractivity contribution in [2.45, 2.75) is 17.4 Å². The molecular formula is C14H15N3O3S. The second-order valence-corrected chi connectivity index (χ2v) is 7.15. The number of benzene rings is 1. The lowest BCUT2D eigenvalue weighted by Gasteiger charge is -2.26. The Balaban J connectivity index is 1.89. The number of nitrogens with one attached hydrogen (secondary N) is 1. The Bertz CT molecular complexity index is 795. The molecule has 1 amide bonds. The van der Waals surface area contributed by atoms with Gasteiger partial charge in [-0.25, -0.2) is 8.42 Å². The fourth-order valence-corrected chi connectivity index (χ4v) is 4.14. The average Bonchev–Trinajstić information content (AvgIpc) is 2.89. The Kier molecular flexibility index (Phi) is 3.29. The third-order valence-corrected chi connectivity index (χ3v) is 5.39. The van der Waals surface area contributed by atoms with Gasteiger partial charge in [0.05, 0.1) is 28.5 Å². The van der Waals surface area contributed by atoms with Gasteiger partial charge < -0.3 is 5.32 Å². The zero-order chi connectivity index (χ0) is 15.0. The van der Waals surface area contributed by atoms with E-state index in [0.29, 0.717) is 22.4 Å². The Morgan fingerprint density at radius 3 is 2.86 bits per heavy atom. The zero-order valence-electron chi connectivity index (χ0n) is 11.5. The summed E-state index contributed by atoms with van der Waals surface area (Å²) in [6, 6.07) is 6.52. The first-order chi connectivity index (χ1) is 9.97. The Morgan fingerprint density at radius 2 is 2.14 bits per heavy atom. The highest BCUT2D eigenvalue weighted by atomic mass is 32.2. The van der Waals surface area contributed by atoms with Crippen LogP contribution in [0.4, 0.5) is 0 Å². The van der Waals surface area contributed by atoms with Crippen LogP contribution in [-0.2, 0) is 16.9 Å². The molecule has 0 saturated heterocycles. The topological polar surface area (TPSA) is 81.1 Å². The summed E-state index contributed by atoms with van der Waals surface area (Å²) in [4.78, 5) is 12.5. The van der Waals surface area contributed by atoms with Crippen LogP contribution in [0.1, 0.15) is 28.4 Å². The van der Waals surface area contributed by atoms with Gasteiger partial charge in [0, 0.05) is 13.2 Å². The van der Waals surface area contributed by atoms with Gasteiger partial charge in [-0.2, -0.15) is 5.10 Å². The van der Waals surface area contributed by atoms with Crippen molar-refractivity contribution < 1.29 is 13.2 Å². The van der Waals surface area contributed by atoms with Gasteiger partial charge in [0.2, 0.25) is 0 Å². The van der Waals surface area contributed by atoms with Gasteiger partial charge in [0.15, 0.2) is 9.84 Å². The molecule has 6 nitrogen and oxygen atoms in total. The quantitative estimate of drug-likeness (QED) is 0.900. The van der Waals surface area contributed by atoms with Crippen molar-refractivity contribution in [3.05, 3.63) is 47.8 Å². The molecule has 1 unspecified atom stereocenters. The number of hydrogen-bond acceptors (Lipinski definition) is 4. The lowest BCUT2D eigenvalue weighted by Crippen LogP contribution is -2.33. The van der Waals surface area contributed by atoms with Crippen molar-refractivity contribution >= 4 is 15.7 Å². The molecule has 2 heterocycles. The van der Waals surface area contributed by atoms with Crippen molar-refractivity contribution in [1.29, 1.82) is 0 Å². The smallest absolute Gasteiger partial charge is 0.254 e. The van der Waals surface area contributed by atoms with Crippen LogP contribution in [0, 0.1) is 0 Å². The summed E-state index contributed by atoms with van der Waals surface area (Å²) in [6.07, 6.45) is 3.49. The van der Waals surface area contributed by atoms with Gasteiger partial charge in [-0.05, 0) is 18.1 Å². The summed E-state index contributed by atoms with van der Waals surface area (Å²) >= 11 is 0. The summed E-state index contributed by atoms with van der Waals surface area (Å²) in [5.41, 5.74) is 1.12. The maximum absolute atomic E-state index is 12.2. The van der Waals surface area contributed by atoms with Crippen molar-refractivity contribution in [2.75, 3.05) is 5.75 Å². The summed E-state index contributed by atoms with van der Waals surface area (Å²) in [6.45, 7) is 0. The maximum Gasteiger partial charge on any atom is 0.254 e. The molecule has 1 aromatic heterocycles. The Hall–Kier alpha value is -2.15. The minimum absolute atomic E-state index is 0.0437. The first kappa shape index (κ1) is 13.8. The first-order valence-electron chi connectivity index (χ1n) is 6.58. The molecule has 3 rings (SSSR count). The average molecular weight is 305 g/mol. The van der Waals surface area contributed by atoms with E-state index in [2.05, 4.69) is 10.4 Å². The first-order valence-corrected chi connectivity index (χ1v) is 8.24. The molecule has 1 aromatic carbocycles. The zero-order valence-corrected chi connectivity index (χ0v) is 12.3. The van der Waals surface area contributed by atoms with Crippen molar-refractivity contribution in [1.82, 2.24) is 15.1 Å². The monoisotopic (exact) mass is 305 g/mol. The molecule has 0 saturated carbocycles. The molecule has 1 aliphatic rings. The van der Waals surface area contributed by atoms with E-state index in [9.17, 15) is 13.2 Å². The van der Waals surface area contributed by atoms with Crippen molar-refractivity contribution in [3.8, 4) is 0 Å². The number of sulfone groups is 1. The van der Waals surface area contributed by atoms with E-state index in [1.54, 1.807) is 42.2 Å². The molecule has 0 radical (unpaired) electrons. The highest BCUT2D eigenvalue weighted by Crippen LogP contribution is 2.31. The largest absolute Gasteiger partial charge is 0.345 e. The molecule has 7 heteroatoms. The molecule has 1 N–H and O–H groups in total. The summed E-state index contributed by atoms with van der Waals surface area (Å²) in [5, 5.41) is 6.84. The lowest BCUT2D eigenvalue weighted by atomic mass is 10.0. The standard InChI is InChI=1S/C14H15N3O3S/c1-17-9-10(8-15-17)14(18)16-12-6-7-21(19,20)13-5-3-2-4-11(12)13/h2-5,8-9,12H,6-7H2,1H3,(H,16,18). The molecule has 1 atom stereocenters. The fourth-order valence-electron chi connectivity index (χ4n) is 2.52. The van der Waals surface area contributed by atoms with Gasteiger partial charge in [-0.15, -0.1) is 0 Å². The predicted octanol–water partition coefficient (Wildman–Crippen LogP) is 1.07. The number of fused-ring (bicyclic) bond motifs is 1. The van der Waals surface area contributed by atoms with E-state index in [1.807, 2.05) is 0 Å². The number of aryl methyl sites for hydroxylation is 1. The van der Waals surface area contributed by atoms with E-state index in [1.165, 1.54) is 6.20 Å². The summed E-state index contributed by atoms with van der Waals surface area (Å²) in [5.74, 6) is -0.204. The van der Waals surface area contributed by atoms with Crippen LogP contribution >= 0.6 is 0 Å². The van der Waals surface area contributed by atoms with E-state index in [4.69, 9.17) is 0 Å². The molecule has 0 fully saturated rings. The van der Waals surface area contributed by atoms with Crippen LogP contribution in [-0.4, -0.2) is 29.9 Å². The van der Waals surface area contributed by atoms with E-state index < -0.39 is 9.84 Å². The number of hydrogen-bond donors (Lipinski definition) is 1. The van der Waals surface area contributed by atoms with Crippen LogP contribution in [0.3, 0.4) is 0 Å². The molecular weight excluding hydrogens is 290 g/mol. The number of aromatic nitrogens is 2. The van der Waals surface area contributed by atoms with Crippen molar-refractivity contribution in [2.24, 2.45) is 7.05 Å². The van der Waals surface area contributed by atoms with Gasteiger partial charge in [0.25, 0.3) is 5.91 Å². The van der Waals surface area contributed by atoms with Gasteiger partial charge in [0.1, 0.15) is 0 Å². The SMILES string of the molecule is Cn1cc(C(=O)NC2CCS(=O)(=O)c3ccccc32)cn1. The van der Waals surface area contributed by atoms with Crippen LogP contribution in [0.5, 0.6) is 0 Å². The highest BCUT2D eigenvalue weighted by molar-refractivity contribution is 7.91. The molecule has 0 spiro atoms. The summed E-state index contributed by atoms with van der Waals surface area (Å²) in [7, 11) is -1.50. The van der Waals surface area contributed by atoms with Crippen LogP contribution in [0.2, 0.25) is 0 Å². The van der Waals surface area contributed by atoms with Gasteiger partial charge >= 0.3 is 0 Å². The molecule has 0 bridgehead atoms. The lowest BCUT2D eigenvalue weighted by molar-refractivity contribution is 0.0934. The van der Waals surface area contributed by atoms with Crippen LogP contribution in [0.15, 0.2) is 41.6 Å². The minimum Gasteiger partial charge on any atom is -0.345 e. The van der Waals surface area contributed by atoms with Crippen molar-refractivity contribution in [3.63, 3.8) is 0 Å². The maximum atomic E-state index is 12.2. The molecule has 21 heavy (non-hydrogen) atoms. The third kappa shape index (κ3) is 2.56. The number of amides is 1. The molecule has 0 aliphatic carbocycles. The van der Waals surface area contributed by atoms with Gasteiger partial charge in [-0.1, -0.05) is 18.2 Å². The Morgan fingerprint density at radius 1 is 1.38 bits per heavy atom. The number of rotatable bonds is 2. The highest BCUT2D eigenvalue weighted by Gasteiger charge is 2.30. The fraction of sp³-hybridized carbons (Fsp3) is 0.286. The van der Waals surface area contributed by atoms with Crippen LogP contribution in [0.25, 0.3) is 0 Å². The summed E-state index contributed by atoms with van der Waals surface area (Å²) < 4.78 is 25.7. The minimum atomic E-state index is -3.24. The molecule has 1 aliphatic heterocycles. The van der Waals surface area contributed by atoms with E-state index in [0.717, 1.165) is 0 Å². The normalized spacial score (nSPS) is 19.8. The van der Waals surface area contributed by atoms with E-state index >= 15 is 0 Å². The van der Waals surface area contributed by atoms with Crippen LogP contribution < -0.4 is 5.32 Å². The second-order valence-electron chi connectivity index (χ2n) is 5.07. The molecule has 110 valence electrons. The molecule has 2 aromatic rings. The van der Waals surface area contributed by atoms with Gasteiger partial charge in [-0.3, -0.25) is 9.48 Å². The number of carbonyl (C=O) groups excluding carboxylic acids is 1. The third-order valence-electron chi connectivity index (χ3n) is 3.58.